The number of fused-ring (bicyclic) bond motifs is 2. The fourth-order valence-corrected chi connectivity index (χ4v) is 4.69. The Morgan fingerprint density at radius 2 is 1.85 bits per heavy atom. The van der Waals surface area contributed by atoms with E-state index in [4.69, 9.17) is 10.2 Å². The van der Waals surface area contributed by atoms with Crippen LogP contribution in [0.5, 0.6) is 0 Å². The molecular weight excluding hydrogens is 508 g/mol. The number of aromatic nitrogens is 1. The molecule has 206 valence electrons. The van der Waals surface area contributed by atoms with Gasteiger partial charge in [0.15, 0.2) is 5.58 Å². The molecule has 0 saturated heterocycles. The van der Waals surface area contributed by atoms with Gasteiger partial charge >= 0.3 is 6.03 Å². The van der Waals surface area contributed by atoms with E-state index in [1.807, 2.05) is 60.7 Å². The summed E-state index contributed by atoms with van der Waals surface area (Å²) < 4.78 is 6.02. The maximum atomic E-state index is 13.8. The second-order valence-electron chi connectivity index (χ2n) is 10.4. The summed E-state index contributed by atoms with van der Waals surface area (Å²) in [6.07, 6.45) is 1.12. The van der Waals surface area contributed by atoms with Crippen LogP contribution in [0.2, 0.25) is 0 Å². The van der Waals surface area contributed by atoms with Gasteiger partial charge in [-0.1, -0.05) is 36.4 Å². The molecule has 0 fully saturated rings. The molecule has 10 heteroatoms. The van der Waals surface area contributed by atoms with Crippen LogP contribution in [0.25, 0.3) is 22.6 Å². The monoisotopic (exact) mass is 540 g/mol. The zero-order valence-corrected chi connectivity index (χ0v) is 22.7. The van der Waals surface area contributed by atoms with Gasteiger partial charge in [-0.15, -0.1) is 0 Å². The Bertz CT molecular complexity index is 1590. The van der Waals surface area contributed by atoms with Gasteiger partial charge in [-0.2, -0.15) is 0 Å². The zero-order valence-electron chi connectivity index (χ0n) is 22.7. The Morgan fingerprint density at radius 3 is 2.62 bits per heavy atom. The zero-order chi connectivity index (χ0) is 28.4. The highest BCUT2D eigenvalue weighted by Gasteiger charge is 2.34. The fourth-order valence-electron chi connectivity index (χ4n) is 4.69. The number of nitrogens with one attached hydrogen (secondary N) is 3. The summed E-state index contributed by atoms with van der Waals surface area (Å²) in [6, 6.07) is 19.6. The number of urea groups is 1. The van der Waals surface area contributed by atoms with Crippen molar-refractivity contribution in [3.8, 4) is 11.5 Å². The predicted octanol–water partition coefficient (Wildman–Crippen LogP) is 3.95. The van der Waals surface area contributed by atoms with Crippen molar-refractivity contribution < 1.29 is 18.8 Å². The number of carbonyl (C=O) groups is 3. The summed E-state index contributed by atoms with van der Waals surface area (Å²) in [4.78, 5) is 44.7. The van der Waals surface area contributed by atoms with E-state index in [0.717, 1.165) is 16.8 Å². The second kappa shape index (κ2) is 10.8. The molecule has 3 aromatic carbocycles. The average molecular weight is 541 g/mol. The number of aryl methyl sites for hydroxylation is 1. The topological polar surface area (TPSA) is 143 Å². The van der Waals surface area contributed by atoms with Crippen LogP contribution in [-0.2, 0) is 22.6 Å². The highest BCUT2D eigenvalue weighted by molar-refractivity contribution is 6.01. The lowest BCUT2D eigenvalue weighted by atomic mass is 10.0. The molecule has 40 heavy (non-hydrogen) atoms. The van der Waals surface area contributed by atoms with Gasteiger partial charge in [0.25, 0.3) is 0 Å². The highest BCUT2D eigenvalue weighted by Crippen LogP contribution is 2.32. The van der Waals surface area contributed by atoms with E-state index in [-0.39, 0.29) is 24.4 Å². The fraction of sp³-hybridized carbons (Fsp3) is 0.267. The van der Waals surface area contributed by atoms with Crippen molar-refractivity contribution in [2.24, 2.45) is 5.73 Å². The van der Waals surface area contributed by atoms with Crippen molar-refractivity contribution in [3.05, 3.63) is 77.9 Å². The van der Waals surface area contributed by atoms with Crippen LogP contribution in [0.4, 0.5) is 16.2 Å². The Kier molecular flexibility index (Phi) is 7.27. The number of oxazole rings is 1. The van der Waals surface area contributed by atoms with Gasteiger partial charge < -0.3 is 31.0 Å². The number of anilines is 2. The van der Waals surface area contributed by atoms with Crippen LogP contribution in [0.1, 0.15) is 31.4 Å². The minimum atomic E-state index is -1.10. The molecular formula is C30H32N6O4. The Balaban J connectivity index is 1.46. The number of amides is 4. The number of hydrogen-bond acceptors (Lipinski definition) is 6. The number of nitrogens with zero attached hydrogens (tertiary/aromatic N) is 2. The number of hydrogen-bond donors (Lipinski definition) is 4. The summed E-state index contributed by atoms with van der Waals surface area (Å²) in [5.41, 5.74) is 9.97. The number of benzene rings is 3. The van der Waals surface area contributed by atoms with Crippen molar-refractivity contribution in [1.29, 1.82) is 0 Å². The van der Waals surface area contributed by atoms with Crippen LogP contribution in [-0.4, -0.2) is 41.5 Å². The molecule has 0 spiro atoms. The molecule has 4 amide bonds. The van der Waals surface area contributed by atoms with Crippen LogP contribution in [0.3, 0.4) is 0 Å². The van der Waals surface area contributed by atoms with Crippen LogP contribution >= 0.6 is 0 Å². The minimum Gasteiger partial charge on any atom is -0.436 e. The number of nitrogens with two attached hydrogens (primary N) is 1. The van der Waals surface area contributed by atoms with Crippen molar-refractivity contribution in [3.63, 3.8) is 0 Å². The van der Waals surface area contributed by atoms with E-state index >= 15 is 0 Å². The van der Waals surface area contributed by atoms with Crippen LogP contribution in [0.15, 0.2) is 71.1 Å². The lowest BCUT2D eigenvalue weighted by molar-refractivity contribution is -0.130. The molecule has 10 nitrogen and oxygen atoms in total. The molecule has 1 atom stereocenters. The van der Waals surface area contributed by atoms with Gasteiger partial charge in [-0.3, -0.25) is 9.59 Å². The van der Waals surface area contributed by atoms with Crippen molar-refractivity contribution in [2.75, 3.05) is 17.3 Å². The van der Waals surface area contributed by atoms with Gasteiger partial charge in [-0.25, -0.2) is 9.78 Å². The highest BCUT2D eigenvalue weighted by atomic mass is 16.3. The maximum absolute atomic E-state index is 13.8. The van der Waals surface area contributed by atoms with E-state index < -0.39 is 11.6 Å². The molecule has 5 N–H and O–H groups in total. The van der Waals surface area contributed by atoms with Crippen molar-refractivity contribution in [2.45, 2.75) is 44.8 Å². The van der Waals surface area contributed by atoms with Gasteiger partial charge in [-0.05, 0) is 68.1 Å². The first kappa shape index (κ1) is 26.9. The molecule has 0 unspecified atom stereocenters. The van der Waals surface area contributed by atoms with Gasteiger partial charge in [0.05, 0.1) is 23.3 Å². The first-order chi connectivity index (χ1) is 19.1. The maximum Gasteiger partial charge on any atom is 0.318 e. The summed E-state index contributed by atoms with van der Waals surface area (Å²) in [7, 11) is 1.54. The van der Waals surface area contributed by atoms with E-state index in [1.54, 1.807) is 31.9 Å². The average Bonchev–Trinajstić information content (AvgIpc) is 3.31. The molecule has 0 bridgehead atoms. The third-order valence-electron chi connectivity index (χ3n) is 6.86. The molecule has 0 saturated carbocycles. The first-order valence-electron chi connectivity index (χ1n) is 13.1. The van der Waals surface area contributed by atoms with E-state index in [2.05, 4.69) is 20.9 Å². The Morgan fingerprint density at radius 1 is 1.10 bits per heavy atom. The summed E-state index contributed by atoms with van der Waals surface area (Å²) in [5, 5.41) is 8.18. The lowest BCUT2D eigenvalue weighted by Gasteiger charge is -2.28. The van der Waals surface area contributed by atoms with Crippen molar-refractivity contribution in [1.82, 2.24) is 15.6 Å². The standard InChI is InChI=1S/C30H32N6O4/c1-30(2,31)28(38)34-22-14-13-19-8-4-7-11-24(19)36(27(22)37)17-18-12-15-25-23(16-18)33-26(40-25)20-9-5-6-10-21(20)35-29(39)32-3/h4-12,15-16,22H,13-14,17,31H2,1-3H3,(H,34,38)(H2,32,35,39)/t22-/m1/s1. The van der Waals surface area contributed by atoms with Gasteiger partial charge in [0, 0.05) is 12.7 Å². The van der Waals surface area contributed by atoms with Crippen LogP contribution < -0.4 is 26.6 Å². The summed E-state index contributed by atoms with van der Waals surface area (Å²) in [5.74, 6) is -0.209. The lowest BCUT2D eigenvalue weighted by Crippen LogP contribution is -2.56. The number of rotatable bonds is 6. The molecule has 1 aliphatic heterocycles. The largest absolute Gasteiger partial charge is 0.436 e. The number of carbonyl (C=O) groups excluding carboxylic acids is 3. The van der Waals surface area contributed by atoms with E-state index in [0.29, 0.717) is 41.1 Å². The SMILES string of the molecule is CNC(=O)Nc1ccccc1-c1nc2cc(CN3C(=O)[C@H](NC(=O)C(C)(C)N)CCc4ccccc43)ccc2o1. The molecule has 0 aliphatic carbocycles. The molecule has 1 aromatic heterocycles. The normalized spacial score (nSPS) is 15.3. The quantitative estimate of drug-likeness (QED) is 0.292. The van der Waals surface area contributed by atoms with Gasteiger partial charge in [0.2, 0.25) is 17.7 Å². The minimum absolute atomic E-state index is 0.197. The van der Waals surface area contributed by atoms with Gasteiger partial charge in [0.1, 0.15) is 11.6 Å². The third-order valence-corrected chi connectivity index (χ3v) is 6.86. The summed E-state index contributed by atoms with van der Waals surface area (Å²) >= 11 is 0. The molecule has 2 heterocycles. The smallest absolute Gasteiger partial charge is 0.318 e. The molecule has 1 aliphatic rings. The third kappa shape index (κ3) is 5.52. The summed E-state index contributed by atoms with van der Waals surface area (Å²) in [6.45, 7) is 3.51. The Hall–Kier alpha value is -4.70. The molecule has 5 rings (SSSR count). The second-order valence-corrected chi connectivity index (χ2v) is 10.4. The van der Waals surface area contributed by atoms with E-state index in [1.165, 1.54) is 0 Å². The van der Waals surface area contributed by atoms with Crippen molar-refractivity contribution >= 4 is 40.3 Å². The predicted molar refractivity (Wildman–Crippen MR) is 154 cm³/mol. The first-order valence-corrected chi connectivity index (χ1v) is 13.1. The van der Waals surface area contributed by atoms with E-state index in [9.17, 15) is 14.4 Å². The Labute approximate surface area is 231 Å². The molecule has 0 radical (unpaired) electrons. The number of para-hydroxylation sites is 2. The molecule has 4 aromatic rings. The van der Waals surface area contributed by atoms with Crippen LogP contribution in [0, 0.1) is 0 Å².